The van der Waals surface area contributed by atoms with Crippen LogP contribution < -0.4 is 10.9 Å². The third-order valence-electron chi connectivity index (χ3n) is 3.50. The number of rotatable bonds is 3. The summed E-state index contributed by atoms with van der Waals surface area (Å²) in [5.41, 5.74) is 2.03. The molecular weight excluding hydrogens is 344 g/mol. The van der Waals surface area contributed by atoms with E-state index in [1.54, 1.807) is 24.3 Å². The molecule has 0 spiro atoms. The first-order valence-electron chi connectivity index (χ1n) is 7.20. The number of fused-ring (bicyclic) bond motifs is 1. The summed E-state index contributed by atoms with van der Waals surface area (Å²) < 4.78 is 5.36. The molecule has 0 saturated carbocycles. The van der Waals surface area contributed by atoms with Gasteiger partial charge in [0.15, 0.2) is 5.13 Å². The average molecular weight is 355 g/mol. The zero-order valence-corrected chi connectivity index (χ0v) is 13.9. The number of aromatic nitrogens is 1. The standard InChI is InChI=1S/C18H11ClN2O2S/c19-12-6-7-16-11(8-12)9-14(17(22)23-16)15-10-24-18(21-15)20-13-4-2-1-3-5-13/h1-10H,(H,20,21). The van der Waals surface area contributed by atoms with Gasteiger partial charge in [-0.25, -0.2) is 9.78 Å². The second-order valence-corrected chi connectivity index (χ2v) is 6.45. The van der Waals surface area contributed by atoms with Gasteiger partial charge in [-0.05, 0) is 36.4 Å². The van der Waals surface area contributed by atoms with Gasteiger partial charge in [0.25, 0.3) is 0 Å². The van der Waals surface area contributed by atoms with Crippen molar-refractivity contribution in [3.63, 3.8) is 0 Å². The van der Waals surface area contributed by atoms with Gasteiger partial charge in [-0.15, -0.1) is 11.3 Å². The van der Waals surface area contributed by atoms with Crippen LogP contribution in [0.15, 0.2) is 69.2 Å². The third-order valence-corrected chi connectivity index (χ3v) is 4.49. The molecule has 4 rings (SSSR count). The number of anilines is 2. The maximum atomic E-state index is 12.2. The molecule has 0 aliphatic carbocycles. The van der Waals surface area contributed by atoms with Gasteiger partial charge in [0, 0.05) is 21.5 Å². The van der Waals surface area contributed by atoms with Crippen LogP contribution in [0.25, 0.3) is 22.2 Å². The summed E-state index contributed by atoms with van der Waals surface area (Å²) in [5, 5.41) is 7.11. The summed E-state index contributed by atoms with van der Waals surface area (Å²) in [4.78, 5) is 16.7. The normalized spacial score (nSPS) is 10.9. The maximum Gasteiger partial charge on any atom is 0.345 e. The molecule has 2 aromatic carbocycles. The number of para-hydroxylation sites is 1. The smallest absolute Gasteiger partial charge is 0.345 e. The first kappa shape index (κ1) is 14.9. The molecule has 0 radical (unpaired) electrons. The van der Waals surface area contributed by atoms with Gasteiger partial charge in [0.2, 0.25) is 0 Å². The first-order valence-corrected chi connectivity index (χ1v) is 8.46. The van der Waals surface area contributed by atoms with Crippen LogP contribution in [-0.4, -0.2) is 4.98 Å². The Kier molecular flexibility index (Phi) is 3.80. The Balaban J connectivity index is 1.72. The highest BCUT2D eigenvalue weighted by Gasteiger charge is 2.12. The number of hydrogen-bond acceptors (Lipinski definition) is 5. The summed E-state index contributed by atoms with van der Waals surface area (Å²) >= 11 is 7.44. The molecule has 118 valence electrons. The molecule has 0 fully saturated rings. The number of benzene rings is 2. The molecule has 4 aromatic rings. The molecule has 0 atom stereocenters. The highest BCUT2D eigenvalue weighted by atomic mass is 35.5. The monoisotopic (exact) mass is 354 g/mol. The first-order chi connectivity index (χ1) is 11.7. The predicted molar refractivity (Wildman–Crippen MR) is 98.3 cm³/mol. The van der Waals surface area contributed by atoms with E-state index in [-0.39, 0.29) is 0 Å². The van der Waals surface area contributed by atoms with Crippen molar-refractivity contribution >= 4 is 44.7 Å². The number of thiazole rings is 1. The molecule has 0 amide bonds. The molecule has 0 aliphatic rings. The van der Waals surface area contributed by atoms with Crippen molar-refractivity contribution in [2.24, 2.45) is 0 Å². The van der Waals surface area contributed by atoms with Crippen LogP contribution in [-0.2, 0) is 0 Å². The number of nitrogens with one attached hydrogen (secondary N) is 1. The second kappa shape index (κ2) is 6.11. The molecule has 2 heterocycles. The van der Waals surface area contributed by atoms with Gasteiger partial charge < -0.3 is 9.73 Å². The molecule has 0 unspecified atom stereocenters. The van der Waals surface area contributed by atoms with Crippen LogP contribution >= 0.6 is 22.9 Å². The van der Waals surface area contributed by atoms with Crippen LogP contribution in [0.5, 0.6) is 0 Å². The minimum absolute atomic E-state index is 0.415. The van der Waals surface area contributed by atoms with Crippen LogP contribution in [0.1, 0.15) is 0 Å². The van der Waals surface area contributed by atoms with Gasteiger partial charge >= 0.3 is 5.63 Å². The lowest BCUT2D eigenvalue weighted by Crippen LogP contribution is -2.03. The van der Waals surface area contributed by atoms with Crippen molar-refractivity contribution in [3.8, 4) is 11.3 Å². The summed E-state index contributed by atoms with van der Waals surface area (Å²) in [6.07, 6.45) is 0. The molecule has 0 bridgehead atoms. The summed E-state index contributed by atoms with van der Waals surface area (Å²) in [6.45, 7) is 0. The van der Waals surface area contributed by atoms with E-state index in [1.807, 2.05) is 35.7 Å². The molecule has 2 aromatic heterocycles. The molecule has 0 aliphatic heterocycles. The van der Waals surface area contributed by atoms with Gasteiger partial charge in [0.05, 0.1) is 11.3 Å². The Morgan fingerprint density at radius 1 is 1.08 bits per heavy atom. The van der Waals surface area contributed by atoms with E-state index < -0.39 is 5.63 Å². The SMILES string of the molecule is O=c1oc2ccc(Cl)cc2cc1-c1csc(Nc2ccccc2)n1. The van der Waals surface area contributed by atoms with Crippen molar-refractivity contribution in [1.29, 1.82) is 0 Å². The molecule has 1 N–H and O–H groups in total. The Labute approximate surface area is 146 Å². The Morgan fingerprint density at radius 3 is 2.75 bits per heavy atom. The minimum Gasteiger partial charge on any atom is -0.422 e. The molecular formula is C18H11ClN2O2S. The minimum atomic E-state index is -0.415. The van der Waals surface area contributed by atoms with E-state index in [2.05, 4.69) is 10.3 Å². The zero-order chi connectivity index (χ0) is 16.5. The van der Waals surface area contributed by atoms with Gasteiger partial charge in [-0.3, -0.25) is 0 Å². The van der Waals surface area contributed by atoms with E-state index in [0.29, 0.717) is 27.0 Å². The number of nitrogens with zero attached hydrogens (tertiary/aromatic N) is 1. The third kappa shape index (κ3) is 2.91. The quantitative estimate of drug-likeness (QED) is 0.506. The van der Waals surface area contributed by atoms with Crippen molar-refractivity contribution in [2.45, 2.75) is 0 Å². The Hall–Kier alpha value is -2.63. The van der Waals surface area contributed by atoms with Crippen LogP contribution in [0.3, 0.4) is 0 Å². The molecule has 6 heteroatoms. The lowest BCUT2D eigenvalue weighted by Gasteiger charge is -2.01. The Bertz CT molecular complexity index is 1070. The van der Waals surface area contributed by atoms with Crippen molar-refractivity contribution in [1.82, 2.24) is 4.98 Å². The summed E-state index contributed by atoms with van der Waals surface area (Å²) in [7, 11) is 0. The summed E-state index contributed by atoms with van der Waals surface area (Å²) in [6, 6.07) is 16.6. The van der Waals surface area contributed by atoms with Gasteiger partial charge in [0.1, 0.15) is 5.58 Å². The van der Waals surface area contributed by atoms with E-state index in [1.165, 1.54) is 11.3 Å². The van der Waals surface area contributed by atoms with Crippen molar-refractivity contribution in [3.05, 3.63) is 75.4 Å². The van der Waals surface area contributed by atoms with E-state index in [9.17, 15) is 4.79 Å². The van der Waals surface area contributed by atoms with Crippen LogP contribution in [0.2, 0.25) is 5.02 Å². The van der Waals surface area contributed by atoms with Crippen LogP contribution in [0, 0.1) is 0 Å². The van der Waals surface area contributed by atoms with Crippen molar-refractivity contribution < 1.29 is 4.42 Å². The molecule has 0 saturated heterocycles. The largest absolute Gasteiger partial charge is 0.422 e. The number of halogens is 1. The number of hydrogen-bond donors (Lipinski definition) is 1. The fourth-order valence-electron chi connectivity index (χ4n) is 2.37. The molecule has 24 heavy (non-hydrogen) atoms. The Morgan fingerprint density at radius 2 is 1.92 bits per heavy atom. The predicted octanol–water partition coefficient (Wildman–Crippen LogP) is 5.31. The highest BCUT2D eigenvalue weighted by Crippen LogP contribution is 2.28. The van der Waals surface area contributed by atoms with Gasteiger partial charge in [-0.2, -0.15) is 0 Å². The second-order valence-electron chi connectivity index (χ2n) is 5.16. The van der Waals surface area contributed by atoms with E-state index in [0.717, 1.165) is 11.1 Å². The van der Waals surface area contributed by atoms with Crippen molar-refractivity contribution in [2.75, 3.05) is 5.32 Å². The fraction of sp³-hybridized carbons (Fsp3) is 0. The van der Waals surface area contributed by atoms with Crippen LogP contribution in [0.4, 0.5) is 10.8 Å². The fourth-order valence-corrected chi connectivity index (χ4v) is 3.28. The van der Waals surface area contributed by atoms with E-state index in [4.69, 9.17) is 16.0 Å². The van der Waals surface area contributed by atoms with Gasteiger partial charge in [-0.1, -0.05) is 29.8 Å². The lowest BCUT2D eigenvalue weighted by molar-refractivity contribution is 0.563. The topological polar surface area (TPSA) is 55.1 Å². The van der Waals surface area contributed by atoms with E-state index >= 15 is 0 Å². The lowest BCUT2D eigenvalue weighted by atomic mass is 10.1. The molecule has 4 nitrogen and oxygen atoms in total. The zero-order valence-electron chi connectivity index (χ0n) is 12.3. The maximum absolute atomic E-state index is 12.2. The summed E-state index contributed by atoms with van der Waals surface area (Å²) in [5.74, 6) is 0. The average Bonchev–Trinajstić information content (AvgIpc) is 3.04. The highest BCUT2D eigenvalue weighted by molar-refractivity contribution is 7.14.